The monoisotopic (exact) mass is 267 g/mol. The number of unbranched alkanes of at least 4 members (excludes halogenated alkanes) is 1. The molecule has 1 N–H and O–H groups in total. The van der Waals surface area contributed by atoms with Crippen molar-refractivity contribution in [1.82, 2.24) is 0 Å². The molecule has 6 nitrogen and oxygen atoms in total. The number of hydrogen-bond acceptors (Lipinski definition) is 4. The average molecular weight is 267 g/mol. The molecule has 1 atom stereocenters. The van der Waals surface area contributed by atoms with E-state index in [4.69, 9.17) is 9.84 Å². The van der Waals surface area contributed by atoms with E-state index in [-0.39, 0.29) is 11.4 Å². The first kappa shape index (κ1) is 14.9. The van der Waals surface area contributed by atoms with Crippen molar-refractivity contribution in [3.8, 4) is 5.75 Å². The van der Waals surface area contributed by atoms with Crippen LogP contribution in [0.3, 0.4) is 0 Å². The molecule has 104 valence electrons. The van der Waals surface area contributed by atoms with E-state index in [2.05, 4.69) is 0 Å². The molecule has 19 heavy (non-hydrogen) atoms. The van der Waals surface area contributed by atoms with Crippen molar-refractivity contribution < 1.29 is 19.6 Å². The lowest BCUT2D eigenvalue weighted by molar-refractivity contribution is -0.386. The Kier molecular flexibility index (Phi) is 5.29. The largest absolute Gasteiger partial charge is 0.479 e. The molecule has 1 unspecified atom stereocenters. The minimum absolute atomic E-state index is 0.000830. The molecule has 0 heterocycles. The third kappa shape index (κ3) is 4.24. The number of carboxylic acid groups (broad SMARTS) is 1. The summed E-state index contributed by atoms with van der Waals surface area (Å²) >= 11 is 0. The number of carboxylic acids is 1. The molecule has 0 bridgehead atoms. The number of nitrogens with zero attached hydrogens (tertiary/aromatic N) is 1. The zero-order valence-electron chi connectivity index (χ0n) is 11.0. The summed E-state index contributed by atoms with van der Waals surface area (Å²) in [5.74, 6) is -1.11. The van der Waals surface area contributed by atoms with Crippen LogP contribution in [0.2, 0.25) is 0 Å². The molecule has 0 aliphatic heterocycles. The fourth-order valence-electron chi connectivity index (χ4n) is 1.65. The molecule has 0 saturated heterocycles. The van der Waals surface area contributed by atoms with Crippen LogP contribution in [-0.4, -0.2) is 22.1 Å². The molecule has 0 aromatic heterocycles. The van der Waals surface area contributed by atoms with Crippen molar-refractivity contribution >= 4 is 11.7 Å². The van der Waals surface area contributed by atoms with Crippen LogP contribution in [0.15, 0.2) is 18.2 Å². The summed E-state index contributed by atoms with van der Waals surface area (Å²) in [4.78, 5) is 21.4. The van der Waals surface area contributed by atoms with Crippen molar-refractivity contribution in [2.75, 3.05) is 0 Å². The highest BCUT2D eigenvalue weighted by Gasteiger charge is 2.23. The minimum Gasteiger partial charge on any atom is -0.479 e. The van der Waals surface area contributed by atoms with Gasteiger partial charge in [-0.05, 0) is 31.4 Å². The molecule has 0 aliphatic rings. The standard InChI is InChI=1S/C13H17NO5/c1-3-4-5-12(13(15)16)19-11-7-6-9(2)8-10(11)14(17)18/h6-8,12H,3-5H2,1-2H3,(H,15,16). The second kappa shape index (κ2) is 6.72. The molecule has 0 saturated carbocycles. The lowest BCUT2D eigenvalue weighted by Crippen LogP contribution is -2.27. The third-order valence-electron chi connectivity index (χ3n) is 2.68. The number of nitro benzene ring substituents is 1. The first-order chi connectivity index (χ1) is 8.95. The van der Waals surface area contributed by atoms with E-state index in [1.54, 1.807) is 13.0 Å². The first-order valence-electron chi connectivity index (χ1n) is 6.10. The van der Waals surface area contributed by atoms with Crippen molar-refractivity contribution in [2.24, 2.45) is 0 Å². The molecular formula is C13H17NO5. The molecular weight excluding hydrogens is 250 g/mol. The minimum atomic E-state index is -1.11. The van der Waals surface area contributed by atoms with Crippen LogP contribution >= 0.6 is 0 Å². The summed E-state index contributed by atoms with van der Waals surface area (Å²) in [5, 5.41) is 20.0. The van der Waals surface area contributed by atoms with Crippen LogP contribution in [0.5, 0.6) is 5.75 Å². The zero-order chi connectivity index (χ0) is 14.4. The van der Waals surface area contributed by atoms with E-state index >= 15 is 0 Å². The number of aliphatic carboxylic acids is 1. The smallest absolute Gasteiger partial charge is 0.344 e. The van der Waals surface area contributed by atoms with Crippen LogP contribution in [0.1, 0.15) is 31.7 Å². The zero-order valence-corrected chi connectivity index (χ0v) is 11.0. The Balaban J connectivity index is 2.95. The number of carbonyl (C=O) groups is 1. The predicted octanol–water partition coefficient (Wildman–Crippen LogP) is 2.93. The summed E-state index contributed by atoms with van der Waals surface area (Å²) in [6.45, 7) is 3.66. The van der Waals surface area contributed by atoms with Gasteiger partial charge in [0.15, 0.2) is 11.9 Å². The highest BCUT2D eigenvalue weighted by atomic mass is 16.6. The number of nitro groups is 1. The molecule has 1 aromatic rings. The van der Waals surface area contributed by atoms with Gasteiger partial charge in [0.25, 0.3) is 0 Å². The Labute approximate surface area is 111 Å². The number of hydrogen-bond donors (Lipinski definition) is 1. The molecule has 0 aliphatic carbocycles. The van der Waals surface area contributed by atoms with Crippen LogP contribution in [0.25, 0.3) is 0 Å². The van der Waals surface area contributed by atoms with Gasteiger partial charge in [-0.2, -0.15) is 0 Å². The maximum absolute atomic E-state index is 11.1. The van der Waals surface area contributed by atoms with Gasteiger partial charge in [0.05, 0.1) is 4.92 Å². The second-order valence-electron chi connectivity index (χ2n) is 4.32. The van der Waals surface area contributed by atoms with Gasteiger partial charge in [0.1, 0.15) is 0 Å². The normalized spacial score (nSPS) is 11.9. The topological polar surface area (TPSA) is 89.7 Å². The van der Waals surface area contributed by atoms with E-state index < -0.39 is 17.0 Å². The Morgan fingerprint density at radius 2 is 2.21 bits per heavy atom. The van der Waals surface area contributed by atoms with Crippen molar-refractivity contribution in [1.29, 1.82) is 0 Å². The van der Waals surface area contributed by atoms with Gasteiger partial charge in [0.2, 0.25) is 0 Å². The Bertz CT molecular complexity index is 472. The highest BCUT2D eigenvalue weighted by Crippen LogP contribution is 2.29. The fourth-order valence-corrected chi connectivity index (χ4v) is 1.65. The van der Waals surface area contributed by atoms with E-state index in [0.29, 0.717) is 12.8 Å². The van der Waals surface area contributed by atoms with Gasteiger partial charge >= 0.3 is 11.7 Å². The summed E-state index contributed by atoms with van der Waals surface area (Å²) in [6.07, 6.45) is 0.803. The number of aryl methyl sites for hydroxylation is 1. The van der Waals surface area contributed by atoms with Crippen molar-refractivity contribution in [3.05, 3.63) is 33.9 Å². The van der Waals surface area contributed by atoms with Gasteiger partial charge in [-0.15, -0.1) is 0 Å². The predicted molar refractivity (Wildman–Crippen MR) is 69.4 cm³/mol. The SMILES string of the molecule is CCCCC(Oc1ccc(C)cc1[N+](=O)[O-])C(=O)O. The van der Waals surface area contributed by atoms with Gasteiger partial charge in [-0.3, -0.25) is 10.1 Å². The fraction of sp³-hybridized carbons (Fsp3) is 0.462. The summed E-state index contributed by atoms with van der Waals surface area (Å²) in [5.41, 5.74) is 0.516. The van der Waals surface area contributed by atoms with Gasteiger partial charge in [0, 0.05) is 6.07 Å². The van der Waals surface area contributed by atoms with E-state index in [0.717, 1.165) is 12.0 Å². The highest BCUT2D eigenvalue weighted by molar-refractivity contribution is 5.73. The lowest BCUT2D eigenvalue weighted by atomic mass is 10.1. The molecule has 1 rings (SSSR count). The first-order valence-corrected chi connectivity index (χ1v) is 6.10. The van der Waals surface area contributed by atoms with Crippen LogP contribution in [0.4, 0.5) is 5.69 Å². The van der Waals surface area contributed by atoms with Gasteiger partial charge < -0.3 is 9.84 Å². The van der Waals surface area contributed by atoms with Crippen molar-refractivity contribution in [2.45, 2.75) is 39.2 Å². The Hall–Kier alpha value is -2.11. The number of rotatable bonds is 7. The maximum atomic E-state index is 11.1. The van der Waals surface area contributed by atoms with E-state index in [1.165, 1.54) is 12.1 Å². The lowest BCUT2D eigenvalue weighted by Gasteiger charge is -2.14. The van der Waals surface area contributed by atoms with Gasteiger partial charge in [-0.25, -0.2) is 4.79 Å². The van der Waals surface area contributed by atoms with Crippen molar-refractivity contribution in [3.63, 3.8) is 0 Å². The van der Waals surface area contributed by atoms with E-state index in [1.807, 2.05) is 6.92 Å². The maximum Gasteiger partial charge on any atom is 0.344 e. The third-order valence-corrected chi connectivity index (χ3v) is 2.68. The molecule has 0 radical (unpaired) electrons. The summed E-state index contributed by atoms with van der Waals surface area (Å²) in [6, 6.07) is 4.46. The quantitative estimate of drug-likeness (QED) is 0.606. The average Bonchev–Trinajstić information content (AvgIpc) is 2.35. The molecule has 0 spiro atoms. The summed E-state index contributed by atoms with van der Waals surface area (Å²) < 4.78 is 5.28. The van der Waals surface area contributed by atoms with E-state index in [9.17, 15) is 14.9 Å². The Morgan fingerprint density at radius 3 is 2.74 bits per heavy atom. The molecule has 0 amide bonds. The number of benzene rings is 1. The number of ether oxygens (including phenoxy) is 1. The molecule has 6 heteroatoms. The van der Waals surface area contributed by atoms with Gasteiger partial charge in [-0.1, -0.05) is 19.4 Å². The molecule has 0 fully saturated rings. The Morgan fingerprint density at radius 1 is 1.53 bits per heavy atom. The van der Waals surface area contributed by atoms with Crippen LogP contribution < -0.4 is 4.74 Å². The second-order valence-corrected chi connectivity index (χ2v) is 4.32. The molecule has 1 aromatic carbocycles. The summed E-state index contributed by atoms with van der Waals surface area (Å²) in [7, 11) is 0. The van der Waals surface area contributed by atoms with Crippen LogP contribution in [0, 0.1) is 17.0 Å². The van der Waals surface area contributed by atoms with Crippen LogP contribution in [-0.2, 0) is 4.79 Å².